The van der Waals surface area contributed by atoms with Crippen LogP contribution in [0.3, 0.4) is 0 Å². The van der Waals surface area contributed by atoms with E-state index in [1.165, 1.54) is 5.56 Å². The van der Waals surface area contributed by atoms with Crippen LogP contribution in [-0.4, -0.2) is 18.5 Å². The summed E-state index contributed by atoms with van der Waals surface area (Å²) in [6.07, 6.45) is 1.59. The smallest absolute Gasteiger partial charge is 0.357 e. The van der Waals surface area contributed by atoms with E-state index in [1.807, 2.05) is 58.2 Å². The molecule has 0 aromatic heterocycles. The van der Waals surface area contributed by atoms with E-state index in [0.29, 0.717) is 0 Å². The lowest BCUT2D eigenvalue weighted by atomic mass is 10.0. The Labute approximate surface area is 180 Å². The zero-order chi connectivity index (χ0) is 21.8. The van der Waals surface area contributed by atoms with E-state index in [-0.39, 0.29) is 12.2 Å². The van der Waals surface area contributed by atoms with Crippen LogP contribution in [0, 0.1) is 20.8 Å². The monoisotopic (exact) mass is 435 g/mol. The van der Waals surface area contributed by atoms with Crippen LogP contribution in [0.5, 0.6) is 0 Å². The number of thioether (sulfide) groups is 1. The molecular formula is C23H34NO3PS. The number of nitrogens with one attached hydrogen (secondary N) is 1. The lowest BCUT2D eigenvalue weighted by Crippen LogP contribution is -2.20. The Morgan fingerprint density at radius 3 is 1.79 bits per heavy atom. The minimum absolute atomic E-state index is 0.227. The fourth-order valence-corrected chi connectivity index (χ4v) is 6.11. The fraction of sp³-hybridized carbons (Fsp3) is 0.478. The van der Waals surface area contributed by atoms with Crippen molar-refractivity contribution in [2.45, 2.75) is 71.4 Å². The van der Waals surface area contributed by atoms with Crippen LogP contribution in [0.25, 0.3) is 0 Å². The lowest BCUT2D eigenvalue weighted by molar-refractivity contribution is 0.138. The molecule has 2 rings (SSSR count). The largest absolute Gasteiger partial charge is 0.367 e. The molecule has 0 radical (unpaired) electrons. The second kappa shape index (κ2) is 10.2. The van der Waals surface area contributed by atoms with Gasteiger partial charge in [-0.25, -0.2) is 0 Å². The first-order valence-corrected chi connectivity index (χ1v) is 12.8. The van der Waals surface area contributed by atoms with E-state index >= 15 is 0 Å². The highest BCUT2D eigenvalue weighted by molar-refractivity contribution is 7.98. The van der Waals surface area contributed by atoms with Crippen molar-refractivity contribution in [1.29, 1.82) is 0 Å². The van der Waals surface area contributed by atoms with E-state index in [2.05, 4.69) is 38.2 Å². The topological polar surface area (TPSA) is 47.6 Å². The predicted octanol–water partition coefficient (Wildman–Crippen LogP) is 7.49. The fourth-order valence-electron chi connectivity index (χ4n) is 3.41. The molecule has 0 fully saturated rings. The molecule has 0 bridgehead atoms. The van der Waals surface area contributed by atoms with Crippen molar-refractivity contribution in [3.63, 3.8) is 0 Å². The number of hydrogen-bond donors (Lipinski definition) is 1. The summed E-state index contributed by atoms with van der Waals surface area (Å²) in [5.74, 6) is -0.608. The molecule has 4 nitrogen and oxygen atoms in total. The van der Waals surface area contributed by atoms with Gasteiger partial charge in [0.1, 0.15) is 0 Å². The third-order valence-electron chi connectivity index (χ3n) is 4.42. The van der Waals surface area contributed by atoms with Crippen LogP contribution in [0.1, 0.15) is 55.7 Å². The van der Waals surface area contributed by atoms with Gasteiger partial charge in [-0.05, 0) is 83.5 Å². The van der Waals surface area contributed by atoms with Gasteiger partial charge in [0, 0.05) is 10.6 Å². The highest BCUT2D eigenvalue weighted by atomic mass is 32.2. The van der Waals surface area contributed by atoms with Gasteiger partial charge >= 0.3 is 7.60 Å². The van der Waals surface area contributed by atoms with Crippen molar-refractivity contribution in [1.82, 2.24) is 0 Å². The Kier molecular flexibility index (Phi) is 8.42. The predicted molar refractivity (Wildman–Crippen MR) is 125 cm³/mol. The molecule has 0 heterocycles. The third-order valence-corrected chi connectivity index (χ3v) is 7.66. The maximum atomic E-state index is 14.1. The summed E-state index contributed by atoms with van der Waals surface area (Å²) in [5.41, 5.74) is 5.26. The van der Waals surface area contributed by atoms with Crippen LogP contribution in [0.4, 0.5) is 5.69 Å². The number of anilines is 1. The van der Waals surface area contributed by atoms with Gasteiger partial charge in [0.15, 0.2) is 5.78 Å². The summed E-state index contributed by atoms with van der Waals surface area (Å²) in [4.78, 5) is 1.15. The minimum Gasteiger partial charge on any atom is -0.367 e. The van der Waals surface area contributed by atoms with Crippen LogP contribution < -0.4 is 5.32 Å². The van der Waals surface area contributed by atoms with Gasteiger partial charge in [0.05, 0.1) is 12.2 Å². The standard InChI is InChI=1S/C23H34NO3PS/c1-15(2)26-28(25,27-16(3)4)23(20-9-11-21(29-8)12-10-20)24-22-18(6)13-17(5)14-19(22)7/h9-16,23-24H,1-8H3. The summed E-state index contributed by atoms with van der Waals surface area (Å²) in [6.45, 7) is 13.7. The molecule has 0 aliphatic heterocycles. The molecule has 1 unspecified atom stereocenters. The molecule has 0 aliphatic carbocycles. The Morgan fingerprint density at radius 1 is 0.897 bits per heavy atom. The van der Waals surface area contributed by atoms with Crippen molar-refractivity contribution in [2.75, 3.05) is 11.6 Å². The number of hydrogen-bond acceptors (Lipinski definition) is 5. The lowest BCUT2D eigenvalue weighted by Gasteiger charge is -2.32. The number of rotatable bonds is 9. The van der Waals surface area contributed by atoms with Gasteiger partial charge in [0.2, 0.25) is 0 Å². The van der Waals surface area contributed by atoms with Crippen molar-refractivity contribution in [3.05, 3.63) is 58.7 Å². The van der Waals surface area contributed by atoms with E-state index in [9.17, 15) is 4.57 Å². The van der Waals surface area contributed by atoms with E-state index in [0.717, 1.165) is 27.3 Å². The molecule has 2 aromatic rings. The average Bonchev–Trinajstić information content (AvgIpc) is 2.59. The van der Waals surface area contributed by atoms with Crippen molar-refractivity contribution >= 4 is 25.0 Å². The summed E-state index contributed by atoms with van der Waals surface area (Å²) in [7, 11) is -3.52. The molecule has 0 saturated carbocycles. The zero-order valence-corrected chi connectivity index (χ0v) is 20.5. The first kappa shape index (κ1) is 24.0. The molecular weight excluding hydrogens is 401 g/mol. The molecule has 1 atom stereocenters. The molecule has 0 aliphatic rings. The zero-order valence-electron chi connectivity index (χ0n) is 18.8. The van der Waals surface area contributed by atoms with Gasteiger partial charge < -0.3 is 14.4 Å². The number of aryl methyl sites for hydroxylation is 3. The molecule has 0 amide bonds. The quantitative estimate of drug-likeness (QED) is 0.327. The van der Waals surface area contributed by atoms with Crippen LogP contribution >= 0.6 is 19.4 Å². The molecule has 2 aromatic carbocycles. The van der Waals surface area contributed by atoms with Crippen molar-refractivity contribution in [2.24, 2.45) is 0 Å². The normalized spacial score (nSPS) is 13.2. The minimum atomic E-state index is -3.52. The Bertz CT molecular complexity index is 828. The number of benzene rings is 2. The molecule has 1 N–H and O–H groups in total. The summed E-state index contributed by atoms with van der Waals surface area (Å²) >= 11 is 1.68. The first-order valence-electron chi connectivity index (χ1n) is 10.0. The highest BCUT2D eigenvalue weighted by Gasteiger charge is 2.40. The van der Waals surface area contributed by atoms with Gasteiger partial charge in [-0.15, -0.1) is 11.8 Å². The van der Waals surface area contributed by atoms with E-state index in [1.54, 1.807) is 11.8 Å². The Balaban J connectivity index is 2.59. The van der Waals surface area contributed by atoms with Crippen LogP contribution in [0.15, 0.2) is 41.3 Å². The molecule has 29 heavy (non-hydrogen) atoms. The highest BCUT2D eigenvalue weighted by Crippen LogP contribution is 2.62. The molecule has 0 spiro atoms. The summed E-state index contributed by atoms with van der Waals surface area (Å²) in [6, 6.07) is 12.3. The third kappa shape index (κ3) is 6.36. The Hall–Kier alpha value is -1.26. The molecule has 160 valence electrons. The van der Waals surface area contributed by atoms with Crippen molar-refractivity contribution in [3.8, 4) is 0 Å². The van der Waals surface area contributed by atoms with Gasteiger partial charge in [-0.2, -0.15) is 0 Å². The molecule has 0 saturated heterocycles. The van der Waals surface area contributed by atoms with E-state index < -0.39 is 13.4 Å². The van der Waals surface area contributed by atoms with Gasteiger partial charge in [-0.3, -0.25) is 4.57 Å². The average molecular weight is 436 g/mol. The second-order valence-corrected chi connectivity index (χ2v) is 10.8. The second-order valence-electron chi connectivity index (χ2n) is 7.94. The van der Waals surface area contributed by atoms with E-state index in [4.69, 9.17) is 9.05 Å². The molecule has 6 heteroatoms. The van der Waals surface area contributed by atoms with Gasteiger partial charge in [-0.1, -0.05) is 29.8 Å². The maximum Gasteiger partial charge on any atom is 0.357 e. The summed E-state index contributed by atoms with van der Waals surface area (Å²) < 4.78 is 26.0. The van der Waals surface area contributed by atoms with Crippen LogP contribution in [-0.2, 0) is 13.6 Å². The summed E-state index contributed by atoms with van der Waals surface area (Å²) in [5, 5.41) is 3.53. The SMILES string of the molecule is CSc1ccc(C(Nc2c(C)cc(C)cc2C)P(=O)(OC(C)C)OC(C)C)cc1. The Morgan fingerprint density at radius 2 is 1.38 bits per heavy atom. The first-order chi connectivity index (χ1) is 13.6. The van der Waals surface area contributed by atoms with Crippen LogP contribution in [0.2, 0.25) is 0 Å². The van der Waals surface area contributed by atoms with Gasteiger partial charge in [0.25, 0.3) is 0 Å². The van der Waals surface area contributed by atoms with Crippen molar-refractivity contribution < 1.29 is 13.6 Å². The maximum absolute atomic E-state index is 14.1.